The van der Waals surface area contributed by atoms with Crippen LogP contribution in [0.5, 0.6) is 0 Å². The summed E-state index contributed by atoms with van der Waals surface area (Å²) in [5.41, 5.74) is 8.05. The third-order valence-corrected chi connectivity index (χ3v) is 3.68. The summed E-state index contributed by atoms with van der Waals surface area (Å²) in [5, 5.41) is 0. The normalized spacial score (nSPS) is 12.2. The highest BCUT2D eigenvalue weighted by Gasteiger charge is 2.07. The minimum Gasteiger partial charge on any atom is -0.345 e. The Morgan fingerprint density at radius 2 is 1.95 bits per heavy atom. The standard InChI is InChI=1S/C16H26N2O/c1-4-13(2)15-7-5-14(6-8-15)10-12-18(3)16(19)9-11-17/h5-8,13H,4,9-12,17H2,1-3H3. The van der Waals surface area contributed by atoms with Gasteiger partial charge in [-0.1, -0.05) is 38.1 Å². The number of nitrogens with two attached hydrogens (primary N) is 1. The smallest absolute Gasteiger partial charge is 0.223 e. The number of hydrogen-bond acceptors (Lipinski definition) is 2. The minimum atomic E-state index is 0.124. The first kappa shape index (κ1) is 15.7. The summed E-state index contributed by atoms with van der Waals surface area (Å²) in [4.78, 5) is 13.4. The monoisotopic (exact) mass is 262 g/mol. The highest BCUT2D eigenvalue weighted by molar-refractivity contribution is 5.76. The third-order valence-electron chi connectivity index (χ3n) is 3.68. The van der Waals surface area contributed by atoms with Gasteiger partial charge in [0.2, 0.25) is 5.91 Å². The van der Waals surface area contributed by atoms with Crippen LogP contribution < -0.4 is 5.73 Å². The van der Waals surface area contributed by atoms with E-state index < -0.39 is 0 Å². The number of hydrogen-bond donors (Lipinski definition) is 1. The molecule has 3 nitrogen and oxygen atoms in total. The Hall–Kier alpha value is -1.35. The van der Waals surface area contributed by atoms with E-state index in [0.29, 0.717) is 18.9 Å². The van der Waals surface area contributed by atoms with Crippen molar-refractivity contribution in [3.8, 4) is 0 Å². The van der Waals surface area contributed by atoms with Crippen LogP contribution in [0.2, 0.25) is 0 Å². The van der Waals surface area contributed by atoms with Crippen LogP contribution in [0.3, 0.4) is 0 Å². The molecule has 0 heterocycles. The molecule has 1 atom stereocenters. The Morgan fingerprint density at radius 3 is 2.47 bits per heavy atom. The van der Waals surface area contributed by atoms with Gasteiger partial charge in [-0.2, -0.15) is 0 Å². The molecule has 2 N–H and O–H groups in total. The molecule has 1 unspecified atom stereocenters. The molecule has 1 amide bonds. The van der Waals surface area contributed by atoms with Crippen molar-refractivity contribution in [3.05, 3.63) is 35.4 Å². The summed E-state index contributed by atoms with van der Waals surface area (Å²) in [6.45, 7) is 5.62. The van der Waals surface area contributed by atoms with Crippen LogP contribution in [0.1, 0.15) is 43.7 Å². The Kier molecular flexibility index (Phi) is 6.57. The zero-order valence-electron chi connectivity index (χ0n) is 12.4. The van der Waals surface area contributed by atoms with Crippen LogP contribution in [-0.2, 0) is 11.2 Å². The third kappa shape index (κ3) is 5.03. The van der Waals surface area contributed by atoms with Crippen molar-refractivity contribution < 1.29 is 4.79 Å². The van der Waals surface area contributed by atoms with Gasteiger partial charge in [-0.3, -0.25) is 4.79 Å². The highest BCUT2D eigenvalue weighted by atomic mass is 16.2. The summed E-state index contributed by atoms with van der Waals surface area (Å²) in [7, 11) is 1.84. The molecule has 3 heteroatoms. The second-order valence-corrected chi connectivity index (χ2v) is 5.15. The Balaban J connectivity index is 2.48. The van der Waals surface area contributed by atoms with Crippen LogP contribution >= 0.6 is 0 Å². The molecule has 0 bridgehead atoms. The van der Waals surface area contributed by atoms with E-state index in [4.69, 9.17) is 5.73 Å². The number of likely N-dealkylation sites (N-methyl/N-ethyl adjacent to an activating group) is 1. The second-order valence-electron chi connectivity index (χ2n) is 5.15. The Labute approximate surface area is 116 Å². The maximum absolute atomic E-state index is 11.6. The number of carbonyl (C=O) groups excluding carboxylic acids is 1. The molecule has 0 aromatic heterocycles. The molecule has 0 saturated heterocycles. The first-order chi connectivity index (χ1) is 9.08. The quantitative estimate of drug-likeness (QED) is 0.821. The number of rotatable bonds is 7. The van der Waals surface area contributed by atoms with Gasteiger partial charge in [-0.05, 0) is 29.9 Å². The van der Waals surface area contributed by atoms with Gasteiger partial charge in [0.25, 0.3) is 0 Å². The molecule has 0 spiro atoms. The lowest BCUT2D eigenvalue weighted by atomic mass is 9.97. The molecular weight excluding hydrogens is 236 g/mol. The van der Waals surface area contributed by atoms with Gasteiger partial charge in [0, 0.05) is 26.6 Å². The molecular formula is C16H26N2O. The van der Waals surface area contributed by atoms with Gasteiger partial charge in [0.1, 0.15) is 0 Å². The summed E-state index contributed by atoms with van der Waals surface area (Å²) in [6, 6.07) is 8.74. The van der Waals surface area contributed by atoms with Gasteiger partial charge < -0.3 is 10.6 Å². The zero-order valence-corrected chi connectivity index (χ0v) is 12.4. The number of nitrogens with zero attached hydrogens (tertiary/aromatic N) is 1. The van der Waals surface area contributed by atoms with Crippen molar-refractivity contribution >= 4 is 5.91 Å². The molecule has 19 heavy (non-hydrogen) atoms. The van der Waals surface area contributed by atoms with Crippen molar-refractivity contribution in [1.29, 1.82) is 0 Å². The van der Waals surface area contributed by atoms with Gasteiger partial charge in [-0.25, -0.2) is 0 Å². The number of carbonyl (C=O) groups is 1. The molecule has 0 aliphatic carbocycles. The molecule has 0 fully saturated rings. The molecule has 106 valence electrons. The number of amides is 1. The van der Waals surface area contributed by atoms with Gasteiger partial charge >= 0.3 is 0 Å². The van der Waals surface area contributed by atoms with E-state index in [0.717, 1.165) is 19.4 Å². The lowest BCUT2D eigenvalue weighted by molar-refractivity contribution is -0.129. The van der Waals surface area contributed by atoms with Gasteiger partial charge in [0.15, 0.2) is 0 Å². The predicted octanol–water partition coefficient (Wildman–Crippen LogP) is 2.55. The molecule has 0 saturated carbocycles. The molecule has 1 aromatic carbocycles. The SMILES string of the molecule is CCC(C)c1ccc(CCN(C)C(=O)CCN)cc1. The van der Waals surface area contributed by atoms with Gasteiger partial charge in [0.05, 0.1) is 0 Å². The zero-order chi connectivity index (χ0) is 14.3. The van der Waals surface area contributed by atoms with Crippen molar-refractivity contribution in [2.45, 2.75) is 39.0 Å². The maximum atomic E-state index is 11.6. The topological polar surface area (TPSA) is 46.3 Å². The van der Waals surface area contributed by atoms with Gasteiger partial charge in [-0.15, -0.1) is 0 Å². The number of benzene rings is 1. The predicted molar refractivity (Wildman–Crippen MR) is 80.2 cm³/mol. The Bertz CT molecular complexity index is 386. The fourth-order valence-corrected chi connectivity index (χ4v) is 1.98. The average molecular weight is 262 g/mol. The summed E-state index contributed by atoms with van der Waals surface area (Å²) >= 11 is 0. The fraction of sp³-hybridized carbons (Fsp3) is 0.562. The van der Waals surface area contributed by atoms with Crippen LogP contribution in [0.4, 0.5) is 0 Å². The first-order valence-electron chi connectivity index (χ1n) is 7.11. The molecule has 0 aliphatic rings. The minimum absolute atomic E-state index is 0.124. The van der Waals surface area contributed by atoms with E-state index in [2.05, 4.69) is 38.1 Å². The molecule has 0 radical (unpaired) electrons. The van der Waals surface area contributed by atoms with E-state index in [1.54, 1.807) is 4.90 Å². The van der Waals surface area contributed by atoms with Crippen LogP contribution in [-0.4, -0.2) is 30.9 Å². The molecule has 1 rings (SSSR count). The van der Waals surface area contributed by atoms with E-state index in [1.807, 2.05) is 7.05 Å². The van der Waals surface area contributed by atoms with E-state index >= 15 is 0 Å². The van der Waals surface area contributed by atoms with Crippen LogP contribution in [0.15, 0.2) is 24.3 Å². The van der Waals surface area contributed by atoms with Crippen molar-refractivity contribution in [2.24, 2.45) is 5.73 Å². The Morgan fingerprint density at radius 1 is 1.32 bits per heavy atom. The first-order valence-corrected chi connectivity index (χ1v) is 7.11. The van der Waals surface area contributed by atoms with Crippen LogP contribution in [0, 0.1) is 0 Å². The van der Waals surface area contributed by atoms with Crippen molar-refractivity contribution in [2.75, 3.05) is 20.1 Å². The lowest BCUT2D eigenvalue weighted by Gasteiger charge is -2.17. The van der Waals surface area contributed by atoms with Crippen LogP contribution in [0.25, 0.3) is 0 Å². The van der Waals surface area contributed by atoms with Crippen molar-refractivity contribution in [1.82, 2.24) is 4.90 Å². The van der Waals surface area contributed by atoms with Crippen molar-refractivity contribution in [3.63, 3.8) is 0 Å². The second kappa shape index (κ2) is 7.95. The van der Waals surface area contributed by atoms with E-state index in [9.17, 15) is 4.79 Å². The van der Waals surface area contributed by atoms with E-state index in [1.165, 1.54) is 11.1 Å². The largest absolute Gasteiger partial charge is 0.345 e. The summed E-state index contributed by atoms with van der Waals surface area (Å²) < 4.78 is 0. The maximum Gasteiger partial charge on any atom is 0.223 e. The summed E-state index contributed by atoms with van der Waals surface area (Å²) in [6.07, 6.45) is 2.49. The average Bonchev–Trinajstić information content (AvgIpc) is 2.44. The fourth-order valence-electron chi connectivity index (χ4n) is 1.98. The summed E-state index contributed by atoms with van der Waals surface area (Å²) in [5.74, 6) is 0.738. The van der Waals surface area contributed by atoms with E-state index in [-0.39, 0.29) is 5.91 Å². The lowest BCUT2D eigenvalue weighted by Crippen LogP contribution is -2.30. The molecule has 0 aliphatic heterocycles. The molecule has 1 aromatic rings. The highest BCUT2D eigenvalue weighted by Crippen LogP contribution is 2.18.